The van der Waals surface area contributed by atoms with E-state index in [0.717, 1.165) is 0 Å². The molecule has 0 unspecified atom stereocenters. The first-order valence-electron chi connectivity index (χ1n) is 5.82. The standard InChI is InChI=1S/C16H16/c1-16(2,3)11-8-9-14-12-6-4-5-7-13(12)15(14)10-11/h4-10H,1-3H3. The Morgan fingerprint density at radius 1 is 0.688 bits per heavy atom. The second-order valence-corrected chi connectivity index (χ2v) is 5.56. The zero-order valence-electron chi connectivity index (χ0n) is 10.0. The molecule has 0 amide bonds. The van der Waals surface area contributed by atoms with E-state index in [2.05, 4.69) is 63.2 Å². The predicted octanol–water partition coefficient (Wildman–Crippen LogP) is 3.87. The first kappa shape index (κ1) is 9.65. The number of hydrogen-bond donors (Lipinski definition) is 0. The maximum absolute atomic E-state index is 2.34. The van der Waals surface area contributed by atoms with E-state index in [1.54, 1.807) is 0 Å². The third kappa shape index (κ3) is 1.23. The number of fused-ring (bicyclic) bond motifs is 2. The van der Waals surface area contributed by atoms with Gasteiger partial charge >= 0.3 is 0 Å². The van der Waals surface area contributed by atoms with Gasteiger partial charge in [-0.2, -0.15) is 0 Å². The van der Waals surface area contributed by atoms with Gasteiger partial charge in [0.2, 0.25) is 0 Å². The topological polar surface area (TPSA) is 0 Å². The molecule has 0 radical (unpaired) electrons. The molecule has 16 heavy (non-hydrogen) atoms. The predicted molar refractivity (Wildman–Crippen MR) is 66.9 cm³/mol. The van der Waals surface area contributed by atoms with Crippen molar-refractivity contribution in [2.24, 2.45) is 0 Å². The lowest BCUT2D eigenvalue weighted by Crippen LogP contribution is -2.11. The molecule has 0 aromatic heterocycles. The van der Waals surface area contributed by atoms with Gasteiger partial charge in [-0.05, 0) is 37.9 Å². The van der Waals surface area contributed by atoms with Gasteiger partial charge in [-0.25, -0.2) is 0 Å². The molecule has 2 aromatic carbocycles. The van der Waals surface area contributed by atoms with Crippen molar-refractivity contribution < 1.29 is 0 Å². The van der Waals surface area contributed by atoms with Gasteiger partial charge in [0.1, 0.15) is 0 Å². The fourth-order valence-electron chi connectivity index (χ4n) is 2.36. The highest BCUT2D eigenvalue weighted by Gasteiger charge is 2.14. The normalized spacial score (nSPS) is 12.7. The Kier molecular flexibility index (Phi) is 1.79. The summed E-state index contributed by atoms with van der Waals surface area (Å²) in [6, 6.07) is 15.5. The van der Waals surface area contributed by atoms with Crippen LogP contribution in [0.2, 0.25) is 0 Å². The number of rotatable bonds is 0. The maximum Gasteiger partial charge on any atom is -0.00960 e. The monoisotopic (exact) mass is 208 g/mol. The molecule has 0 aliphatic heterocycles. The third-order valence-electron chi connectivity index (χ3n) is 3.39. The van der Waals surface area contributed by atoms with Gasteiger partial charge in [0.05, 0.1) is 0 Å². The Morgan fingerprint density at radius 2 is 1.25 bits per heavy atom. The van der Waals surface area contributed by atoms with E-state index in [-0.39, 0.29) is 5.41 Å². The number of benzene rings is 2. The fourth-order valence-corrected chi connectivity index (χ4v) is 2.36. The molecule has 0 nitrogen and oxygen atoms in total. The van der Waals surface area contributed by atoms with E-state index in [0.29, 0.717) is 0 Å². The van der Waals surface area contributed by atoms with Crippen LogP contribution in [0.3, 0.4) is 0 Å². The van der Waals surface area contributed by atoms with E-state index >= 15 is 0 Å². The van der Waals surface area contributed by atoms with Crippen molar-refractivity contribution in [2.45, 2.75) is 26.2 Å². The van der Waals surface area contributed by atoms with Gasteiger partial charge < -0.3 is 0 Å². The number of hydrogen-bond acceptors (Lipinski definition) is 0. The van der Waals surface area contributed by atoms with Crippen molar-refractivity contribution >= 4 is 0 Å². The van der Waals surface area contributed by atoms with Crippen molar-refractivity contribution in [3.8, 4) is 0 Å². The van der Waals surface area contributed by atoms with E-state index in [4.69, 9.17) is 0 Å². The molecule has 0 fully saturated rings. The van der Waals surface area contributed by atoms with Crippen LogP contribution in [-0.2, 0) is 5.41 Å². The van der Waals surface area contributed by atoms with Crippen molar-refractivity contribution in [2.75, 3.05) is 0 Å². The third-order valence-corrected chi connectivity index (χ3v) is 3.39. The summed E-state index contributed by atoms with van der Waals surface area (Å²) in [4.78, 5) is 0. The van der Waals surface area contributed by atoms with Crippen LogP contribution >= 0.6 is 0 Å². The second-order valence-electron chi connectivity index (χ2n) is 5.56. The summed E-state index contributed by atoms with van der Waals surface area (Å²) in [7, 11) is 0. The summed E-state index contributed by atoms with van der Waals surface area (Å²) in [5.74, 6) is 0. The molecule has 0 saturated carbocycles. The molecular formula is C16H16. The molecule has 0 heterocycles. The Hall–Kier alpha value is -1.56. The van der Waals surface area contributed by atoms with Crippen molar-refractivity contribution in [1.82, 2.24) is 0 Å². The summed E-state index contributed by atoms with van der Waals surface area (Å²) in [6.45, 7) is 6.79. The average Bonchev–Trinajstić information content (AvgIpc) is 2.24. The summed E-state index contributed by atoms with van der Waals surface area (Å²) in [5, 5.41) is 5.63. The van der Waals surface area contributed by atoms with Crippen LogP contribution in [0.15, 0.2) is 42.5 Å². The summed E-state index contributed by atoms with van der Waals surface area (Å²) in [6.07, 6.45) is 0. The van der Waals surface area contributed by atoms with Crippen molar-refractivity contribution in [3.63, 3.8) is 0 Å². The minimum atomic E-state index is 0.236. The van der Waals surface area contributed by atoms with Gasteiger partial charge in [-0.1, -0.05) is 57.2 Å². The van der Waals surface area contributed by atoms with Gasteiger partial charge in [0, 0.05) is 0 Å². The average molecular weight is 208 g/mol. The van der Waals surface area contributed by atoms with Crippen LogP contribution in [0, 0.1) is 20.9 Å². The van der Waals surface area contributed by atoms with E-state index < -0.39 is 0 Å². The highest BCUT2D eigenvalue weighted by Crippen LogP contribution is 2.24. The Labute approximate surface area is 95.6 Å². The maximum atomic E-state index is 2.34. The highest BCUT2D eigenvalue weighted by atomic mass is 14.2. The Morgan fingerprint density at radius 3 is 1.88 bits per heavy atom. The smallest absolute Gasteiger partial charge is 0.00960 e. The molecule has 0 saturated heterocycles. The van der Waals surface area contributed by atoms with Crippen LogP contribution in [0.4, 0.5) is 0 Å². The minimum absolute atomic E-state index is 0.236. The lowest BCUT2D eigenvalue weighted by atomic mass is 9.85. The van der Waals surface area contributed by atoms with Gasteiger partial charge in [0.15, 0.2) is 0 Å². The summed E-state index contributed by atoms with van der Waals surface area (Å²) in [5.41, 5.74) is 1.65. The van der Waals surface area contributed by atoms with Crippen LogP contribution in [0.25, 0.3) is 0 Å². The molecule has 0 N–H and O–H groups in total. The highest BCUT2D eigenvalue weighted by molar-refractivity contribution is 5.34. The molecule has 0 atom stereocenters. The molecule has 1 aliphatic rings. The quantitative estimate of drug-likeness (QED) is 0.526. The lowest BCUT2D eigenvalue weighted by Gasteiger charge is -2.20. The first-order valence-corrected chi connectivity index (χ1v) is 5.82. The van der Waals surface area contributed by atoms with Crippen molar-refractivity contribution in [3.05, 3.63) is 68.9 Å². The SMILES string of the molecule is CC(C)(C)c1ccc2c(c1)=c1ccccc1=2. The van der Waals surface area contributed by atoms with Crippen LogP contribution in [0.5, 0.6) is 0 Å². The molecule has 2 aromatic rings. The molecule has 0 heteroatoms. The Bertz CT molecular complexity index is 731. The molecule has 80 valence electrons. The fraction of sp³-hybridized carbons (Fsp3) is 0.250. The molecule has 0 spiro atoms. The second kappa shape index (κ2) is 2.98. The van der Waals surface area contributed by atoms with Gasteiger partial charge in [-0.15, -0.1) is 0 Å². The summed E-state index contributed by atoms with van der Waals surface area (Å²) >= 11 is 0. The minimum Gasteiger partial charge on any atom is -0.0616 e. The summed E-state index contributed by atoms with van der Waals surface area (Å²) < 4.78 is 0. The zero-order chi connectivity index (χ0) is 11.3. The molecule has 3 rings (SSSR count). The molecular weight excluding hydrogens is 192 g/mol. The first-order chi connectivity index (χ1) is 7.57. The van der Waals surface area contributed by atoms with Crippen molar-refractivity contribution in [1.29, 1.82) is 0 Å². The van der Waals surface area contributed by atoms with E-state index in [9.17, 15) is 0 Å². The Balaban J connectivity index is 2.38. The molecule has 1 aliphatic carbocycles. The molecule has 0 bridgehead atoms. The van der Waals surface area contributed by atoms with Gasteiger partial charge in [0.25, 0.3) is 0 Å². The largest absolute Gasteiger partial charge is 0.0616 e. The van der Waals surface area contributed by atoms with Gasteiger partial charge in [-0.3, -0.25) is 0 Å². The van der Waals surface area contributed by atoms with E-state index in [1.807, 2.05) is 0 Å². The lowest BCUT2D eigenvalue weighted by molar-refractivity contribution is 0.589. The van der Waals surface area contributed by atoms with Crippen LogP contribution in [0.1, 0.15) is 26.3 Å². The van der Waals surface area contributed by atoms with E-state index in [1.165, 1.54) is 26.4 Å². The van der Waals surface area contributed by atoms with Crippen LogP contribution in [-0.4, -0.2) is 0 Å². The van der Waals surface area contributed by atoms with Crippen LogP contribution < -0.4 is 0 Å². The zero-order valence-corrected chi connectivity index (χ0v) is 10.0.